The number of hydrogen-bond donors (Lipinski definition) is 1. The van der Waals surface area contributed by atoms with Gasteiger partial charge in [-0.05, 0) is 49.8 Å². The molecule has 0 amide bonds. The summed E-state index contributed by atoms with van der Waals surface area (Å²) < 4.78 is 84.4. The van der Waals surface area contributed by atoms with Gasteiger partial charge in [0.05, 0.1) is 11.3 Å². The fourth-order valence-corrected chi connectivity index (χ4v) is 4.16. The van der Waals surface area contributed by atoms with Crippen LogP contribution in [0.4, 0.5) is 32.0 Å². The summed E-state index contributed by atoms with van der Waals surface area (Å²) in [7, 11) is 0. The number of halogens is 6. The Morgan fingerprint density at radius 2 is 1.61 bits per heavy atom. The summed E-state index contributed by atoms with van der Waals surface area (Å²) in [5, 5.41) is 9.41. The molecule has 0 atom stereocenters. The molecule has 1 aromatic carbocycles. The van der Waals surface area contributed by atoms with Crippen molar-refractivity contribution in [2.45, 2.75) is 45.0 Å². The van der Waals surface area contributed by atoms with Crippen molar-refractivity contribution in [2.75, 3.05) is 4.90 Å². The van der Waals surface area contributed by atoms with Crippen LogP contribution in [0.3, 0.4) is 0 Å². The van der Waals surface area contributed by atoms with E-state index in [9.17, 15) is 31.6 Å². The smallest absolute Gasteiger partial charge is 0.384 e. The molecule has 0 aromatic heterocycles. The van der Waals surface area contributed by atoms with Gasteiger partial charge in [0.15, 0.2) is 0 Å². The molecule has 3 rings (SSSR count). The molecule has 9 heteroatoms. The van der Waals surface area contributed by atoms with Gasteiger partial charge < -0.3 is 5.73 Å². The molecule has 150 valence electrons. The van der Waals surface area contributed by atoms with Gasteiger partial charge in [-0.15, -0.1) is 0 Å². The molecule has 1 aliphatic heterocycles. The minimum atomic E-state index is -5.75. The van der Waals surface area contributed by atoms with E-state index in [0.29, 0.717) is 17.7 Å². The van der Waals surface area contributed by atoms with E-state index in [1.807, 2.05) is 0 Å². The molecule has 0 bridgehead atoms. The minimum absolute atomic E-state index is 0.0109. The van der Waals surface area contributed by atoms with Crippen molar-refractivity contribution in [1.82, 2.24) is 0 Å². The summed E-state index contributed by atoms with van der Waals surface area (Å²) in [6.45, 7) is 1.67. The molecule has 0 saturated carbocycles. The largest absolute Gasteiger partial charge is 0.411 e. The van der Waals surface area contributed by atoms with Crippen LogP contribution in [0.15, 0.2) is 46.9 Å². The maximum Gasteiger partial charge on any atom is 0.411 e. The van der Waals surface area contributed by atoms with Crippen molar-refractivity contribution in [3.63, 3.8) is 0 Å². The second-order valence-electron chi connectivity index (χ2n) is 6.87. The first-order chi connectivity index (χ1) is 13.0. The molecule has 28 heavy (non-hydrogen) atoms. The first kappa shape index (κ1) is 20.1. The topological polar surface area (TPSA) is 53.0 Å². The van der Waals surface area contributed by atoms with E-state index in [4.69, 9.17) is 5.73 Å². The molecule has 0 unspecified atom stereocenters. The van der Waals surface area contributed by atoms with Crippen molar-refractivity contribution >= 4 is 5.69 Å². The third-order valence-corrected chi connectivity index (χ3v) is 5.35. The van der Waals surface area contributed by atoms with Gasteiger partial charge in [0.2, 0.25) is 5.41 Å². The van der Waals surface area contributed by atoms with E-state index in [1.165, 1.54) is 4.90 Å². The zero-order valence-electron chi connectivity index (χ0n) is 14.9. The highest BCUT2D eigenvalue weighted by atomic mass is 19.4. The summed E-state index contributed by atoms with van der Waals surface area (Å²) in [6.07, 6.45) is -11.3. The number of hydrogen-bond acceptors (Lipinski definition) is 3. The monoisotopic (exact) mass is 401 g/mol. The molecule has 2 aliphatic rings. The zero-order valence-corrected chi connectivity index (χ0v) is 14.9. The lowest BCUT2D eigenvalue weighted by Crippen LogP contribution is -2.57. The lowest BCUT2D eigenvalue weighted by atomic mass is 9.66. The molecule has 2 N–H and O–H groups in total. The van der Waals surface area contributed by atoms with Crippen LogP contribution in [0.2, 0.25) is 0 Å². The van der Waals surface area contributed by atoms with Crippen LogP contribution in [0, 0.1) is 23.7 Å². The number of rotatable bonds is 1. The third-order valence-electron chi connectivity index (χ3n) is 5.35. The minimum Gasteiger partial charge on any atom is -0.384 e. The Balaban J connectivity index is 2.45. The fraction of sp³-hybridized carbons (Fsp3) is 0.421. The number of anilines is 1. The van der Waals surface area contributed by atoms with Gasteiger partial charge >= 0.3 is 12.4 Å². The van der Waals surface area contributed by atoms with Crippen molar-refractivity contribution in [2.24, 2.45) is 11.1 Å². The quantitative estimate of drug-likeness (QED) is 0.637. The highest BCUT2D eigenvalue weighted by Gasteiger charge is 2.77. The molecule has 0 fully saturated rings. The van der Waals surface area contributed by atoms with E-state index >= 15 is 0 Å². The Morgan fingerprint density at radius 1 is 1.04 bits per heavy atom. The second-order valence-corrected chi connectivity index (χ2v) is 6.87. The van der Waals surface area contributed by atoms with Gasteiger partial charge in [-0.2, -0.15) is 31.6 Å². The highest BCUT2D eigenvalue weighted by Crippen LogP contribution is 2.64. The highest BCUT2D eigenvalue weighted by molar-refractivity contribution is 5.69. The van der Waals surface area contributed by atoms with Gasteiger partial charge in [-0.1, -0.05) is 18.2 Å². The predicted molar refractivity (Wildman–Crippen MR) is 90.5 cm³/mol. The molecular formula is C19H17F6N3. The second kappa shape index (κ2) is 6.47. The number of aryl methyl sites for hydroxylation is 1. The Hall–Kier alpha value is -2.63. The van der Waals surface area contributed by atoms with Crippen LogP contribution < -0.4 is 10.6 Å². The number of alkyl halides is 6. The maximum atomic E-state index is 14.1. The van der Waals surface area contributed by atoms with Crippen molar-refractivity contribution in [1.29, 1.82) is 5.26 Å². The summed E-state index contributed by atoms with van der Waals surface area (Å²) in [4.78, 5) is 1.19. The van der Waals surface area contributed by atoms with Gasteiger partial charge in [0.1, 0.15) is 11.9 Å². The standard InChI is InChI=1S/C19H17F6N3/c1-11-6-2-4-8-14(11)28-15-9-5-3-7-12(15)17(18(20,21)22,19(23,24)25)13(10-26)16(28)27/h2,4,6,8H,3,5,7,9,27H2,1H3. The predicted octanol–water partition coefficient (Wildman–Crippen LogP) is 5.45. The van der Waals surface area contributed by atoms with Gasteiger partial charge in [-0.3, -0.25) is 4.90 Å². The molecule has 0 radical (unpaired) electrons. The van der Waals surface area contributed by atoms with Crippen LogP contribution in [-0.2, 0) is 0 Å². The van der Waals surface area contributed by atoms with Gasteiger partial charge in [0, 0.05) is 5.70 Å². The molecule has 1 aliphatic carbocycles. The number of nitriles is 1. The third kappa shape index (κ3) is 2.58. The summed E-state index contributed by atoms with van der Waals surface area (Å²) >= 11 is 0. The molecule has 0 spiro atoms. The fourth-order valence-electron chi connectivity index (χ4n) is 4.16. The van der Waals surface area contributed by atoms with Crippen LogP contribution in [0.25, 0.3) is 0 Å². The first-order valence-corrected chi connectivity index (χ1v) is 8.60. The number of allylic oxidation sites excluding steroid dienone is 3. The Kier molecular flexibility index (Phi) is 4.64. The molecule has 1 heterocycles. The Morgan fingerprint density at radius 3 is 2.14 bits per heavy atom. The van der Waals surface area contributed by atoms with Crippen molar-refractivity contribution in [3.05, 3.63) is 52.5 Å². The summed E-state index contributed by atoms with van der Waals surface area (Å²) in [5.74, 6) is -0.827. The Bertz CT molecular complexity index is 887. The summed E-state index contributed by atoms with van der Waals surface area (Å²) in [6, 6.07) is 7.69. The SMILES string of the molecule is Cc1ccccc1N1C(N)=C(C#N)C(C(F)(F)F)(C(F)(F)F)C2=C1CCCC2. The van der Waals surface area contributed by atoms with Crippen LogP contribution in [0.1, 0.15) is 31.2 Å². The lowest BCUT2D eigenvalue weighted by Gasteiger charge is -2.48. The van der Waals surface area contributed by atoms with Crippen LogP contribution in [-0.4, -0.2) is 12.4 Å². The number of nitrogens with zero attached hydrogens (tertiary/aromatic N) is 2. The van der Waals surface area contributed by atoms with E-state index < -0.39 is 41.2 Å². The van der Waals surface area contributed by atoms with Crippen LogP contribution in [0.5, 0.6) is 0 Å². The molecule has 0 saturated heterocycles. The zero-order chi connectivity index (χ0) is 20.9. The van der Waals surface area contributed by atoms with Gasteiger partial charge in [0.25, 0.3) is 0 Å². The Labute approximate surface area is 157 Å². The number of benzene rings is 1. The normalized spacial score (nSPS) is 20.1. The van der Waals surface area contributed by atoms with Crippen molar-refractivity contribution < 1.29 is 26.3 Å². The average Bonchev–Trinajstić information content (AvgIpc) is 2.59. The van der Waals surface area contributed by atoms with Gasteiger partial charge in [-0.25, -0.2) is 0 Å². The molecule has 3 nitrogen and oxygen atoms in total. The molecular weight excluding hydrogens is 384 g/mol. The maximum absolute atomic E-state index is 14.1. The van der Waals surface area contributed by atoms with Crippen molar-refractivity contribution in [3.8, 4) is 6.07 Å². The first-order valence-electron chi connectivity index (χ1n) is 8.60. The molecule has 1 aromatic rings. The number of nitrogens with two attached hydrogens (primary N) is 1. The average molecular weight is 401 g/mol. The summed E-state index contributed by atoms with van der Waals surface area (Å²) in [5.41, 5.74) is -0.00535. The van der Waals surface area contributed by atoms with E-state index in [-0.39, 0.29) is 18.5 Å². The van der Waals surface area contributed by atoms with Crippen LogP contribution >= 0.6 is 0 Å². The lowest BCUT2D eigenvalue weighted by molar-refractivity contribution is -0.311. The van der Waals surface area contributed by atoms with E-state index in [1.54, 1.807) is 31.2 Å². The van der Waals surface area contributed by atoms with E-state index in [2.05, 4.69) is 0 Å². The van der Waals surface area contributed by atoms with E-state index in [0.717, 1.165) is 6.07 Å². The number of para-hydroxylation sites is 1.